The Morgan fingerprint density at radius 2 is 1.79 bits per heavy atom. The van der Waals surface area contributed by atoms with Gasteiger partial charge in [-0.2, -0.15) is 24.3 Å². The van der Waals surface area contributed by atoms with E-state index in [0.717, 1.165) is 16.9 Å². The predicted octanol–water partition coefficient (Wildman–Crippen LogP) is 4.30. The molecule has 4 aromatic rings. The SMILES string of the molecule is Cc1cc(C)c(Oc2cccc(-[n+]3[c-]n(C)cc3)n2)[c-]c1Oc1[c-]cccc1.[Pd]. The molecule has 4 rings (SSSR count). The zero-order valence-corrected chi connectivity index (χ0v) is 17.8. The van der Waals surface area contributed by atoms with Crippen LogP contribution in [0.25, 0.3) is 5.82 Å². The van der Waals surface area contributed by atoms with Crippen LogP contribution in [0.2, 0.25) is 0 Å². The van der Waals surface area contributed by atoms with Crippen molar-refractivity contribution in [3.8, 4) is 28.9 Å². The molecule has 2 aromatic carbocycles. The maximum absolute atomic E-state index is 6.02. The molecule has 0 atom stereocenters. The number of nitrogens with zero attached hydrogens (tertiary/aromatic N) is 3. The minimum absolute atomic E-state index is 0. The van der Waals surface area contributed by atoms with Gasteiger partial charge in [-0.15, -0.1) is 28.2 Å². The van der Waals surface area contributed by atoms with E-state index in [1.165, 1.54) is 0 Å². The Kier molecular flexibility index (Phi) is 6.48. The van der Waals surface area contributed by atoms with Gasteiger partial charge in [0.1, 0.15) is 0 Å². The number of aromatic nitrogens is 3. The van der Waals surface area contributed by atoms with E-state index in [4.69, 9.17) is 9.47 Å². The molecule has 0 bridgehead atoms. The van der Waals surface area contributed by atoms with E-state index in [9.17, 15) is 0 Å². The van der Waals surface area contributed by atoms with Gasteiger partial charge >= 0.3 is 0 Å². The van der Waals surface area contributed by atoms with Crippen molar-refractivity contribution in [3.05, 3.63) is 90.5 Å². The average Bonchev–Trinajstić information content (AvgIpc) is 3.13. The van der Waals surface area contributed by atoms with Crippen molar-refractivity contribution in [2.75, 3.05) is 0 Å². The van der Waals surface area contributed by atoms with E-state index in [1.807, 2.05) is 86.4 Å². The molecule has 150 valence electrons. The summed E-state index contributed by atoms with van der Waals surface area (Å²) in [4.78, 5) is 4.56. The van der Waals surface area contributed by atoms with E-state index in [-0.39, 0.29) is 20.4 Å². The van der Waals surface area contributed by atoms with Crippen molar-refractivity contribution >= 4 is 0 Å². The molecule has 0 aliphatic carbocycles. The van der Waals surface area contributed by atoms with Crippen LogP contribution in [0.3, 0.4) is 0 Å². The first-order chi connectivity index (χ1) is 13.6. The van der Waals surface area contributed by atoms with Gasteiger partial charge < -0.3 is 18.6 Å². The van der Waals surface area contributed by atoms with Gasteiger partial charge in [0.15, 0.2) is 12.1 Å². The molecule has 0 fully saturated rings. The number of benzene rings is 2. The van der Waals surface area contributed by atoms with Crippen LogP contribution in [0.15, 0.2) is 60.9 Å². The Balaban J connectivity index is 0.00000240. The number of pyridine rings is 1. The number of rotatable bonds is 5. The molecule has 0 saturated heterocycles. The third-order valence-corrected chi connectivity index (χ3v) is 4.14. The quantitative estimate of drug-likeness (QED) is 0.245. The van der Waals surface area contributed by atoms with Gasteiger partial charge in [-0.3, -0.25) is 0 Å². The fourth-order valence-electron chi connectivity index (χ4n) is 2.75. The number of aryl methyl sites for hydroxylation is 3. The first kappa shape index (κ1) is 20.8. The summed E-state index contributed by atoms with van der Waals surface area (Å²) in [6, 6.07) is 21.3. The Labute approximate surface area is 184 Å². The second kappa shape index (κ2) is 9.04. The molecule has 2 aromatic heterocycles. The minimum Gasteiger partial charge on any atom is -0.509 e. The van der Waals surface area contributed by atoms with Crippen molar-refractivity contribution in [1.29, 1.82) is 0 Å². The summed E-state index contributed by atoms with van der Waals surface area (Å²) < 4.78 is 15.6. The molecule has 29 heavy (non-hydrogen) atoms. The standard InChI is InChI=1S/C23H19N3O2.Pd/c1-17-14-18(2)21(15-20(17)27-19-8-5-4-6-9-19)28-23-11-7-10-22(24-23)26-13-12-25(3)16-26;/h4-8,10-14H,1-3H3;/q-2;. The fourth-order valence-corrected chi connectivity index (χ4v) is 2.75. The van der Waals surface area contributed by atoms with Gasteiger partial charge in [-0.05, 0) is 18.5 Å². The molecule has 0 amide bonds. The summed E-state index contributed by atoms with van der Waals surface area (Å²) in [5.74, 6) is 3.00. The normalized spacial score (nSPS) is 10.3. The molecule has 2 heterocycles. The maximum Gasteiger partial charge on any atom is 0.283 e. The Hall–Kier alpha value is -2.94. The molecular formula is C23H19N3O2Pd-2. The second-order valence-electron chi connectivity index (χ2n) is 6.44. The monoisotopic (exact) mass is 475 g/mol. The Bertz CT molecular complexity index is 1110. The van der Waals surface area contributed by atoms with Crippen LogP contribution < -0.4 is 14.0 Å². The van der Waals surface area contributed by atoms with Gasteiger partial charge in [0.2, 0.25) is 0 Å². The number of imidazole rings is 1. The summed E-state index contributed by atoms with van der Waals surface area (Å²) in [5.41, 5.74) is 1.92. The van der Waals surface area contributed by atoms with Crippen molar-refractivity contribution in [1.82, 2.24) is 9.55 Å². The third kappa shape index (κ3) is 4.92. The summed E-state index contributed by atoms with van der Waals surface area (Å²) in [6.07, 6.45) is 6.91. The first-order valence-electron chi connectivity index (χ1n) is 8.88. The third-order valence-electron chi connectivity index (χ3n) is 4.14. The number of para-hydroxylation sites is 1. The summed E-state index contributed by atoms with van der Waals surface area (Å²) in [5, 5.41) is 0. The Morgan fingerprint density at radius 1 is 1.00 bits per heavy atom. The molecular weight excluding hydrogens is 457 g/mol. The molecule has 5 nitrogen and oxygen atoms in total. The van der Waals surface area contributed by atoms with E-state index >= 15 is 0 Å². The molecule has 0 N–H and O–H groups in total. The van der Waals surface area contributed by atoms with Gasteiger partial charge in [-0.1, -0.05) is 26.0 Å². The van der Waals surface area contributed by atoms with Crippen molar-refractivity contribution in [2.24, 2.45) is 7.05 Å². The van der Waals surface area contributed by atoms with Crippen LogP contribution >= 0.6 is 0 Å². The fraction of sp³-hybridized carbons (Fsp3) is 0.130. The molecule has 6 heteroatoms. The van der Waals surface area contributed by atoms with Crippen LogP contribution in [0.1, 0.15) is 11.1 Å². The number of hydrogen-bond acceptors (Lipinski definition) is 3. The zero-order chi connectivity index (χ0) is 19.5. The van der Waals surface area contributed by atoms with Crippen LogP contribution in [-0.4, -0.2) is 9.55 Å². The minimum atomic E-state index is 0. The Morgan fingerprint density at radius 3 is 2.48 bits per heavy atom. The molecule has 0 unspecified atom stereocenters. The molecule has 0 spiro atoms. The summed E-state index contributed by atoms with van der Waals surface area (Å²) in [6.45, 7) is 3.95. The van der Waals surface area contributed by atoms with Crippen LogP contribution in [0.5, 0.6) is 23.1 Å². The second-order valence-corrected chi connectivity index (χ2v) is 6.44. The van der Waals surface area contributed by atoms with Gasteiger partial charge in [0.25, 0.3) is 5.88 Å². The van der Waals surface area contributed by atoms with Crippen LogP contribution in [0.4, 0.5) is 0 Å². The van der Waals surface area contributed by atoms with Gasteiger partial charge in [0.05, 0.1) is 0 Å². The van der Waals surface area contributed by atoms with Crippen molar-refractivity contribution in [2.45, 2.75) is 13.8 Å². The zero-order valence-electron chi connectivity index (χ0n) is 16.2. The first-order valence-corrected chi connectivity index (χ1v) is 8.88. The summed E-state index contributed by atoms with van der Waals surface area (Å²) >= 11 is 0. The van der Waals surface area contributed by atoms with Gasteiger partial charge in [-0.25, -0.2) is 0 Å². The summed E-state index contributed by atoms with van der Waals surface area (Å²) in [7, 11) is 1.91. The average molecular weight is 476 g/mol. The predicted molar refractivity (Wildman–Crippen MR) is 104 cm³/mol. The number of ether oxygens (including phenoxy) is 2. The molecule has 0 aliphatic rings. The molecule has 0 aliphatic heterocycles. The molecule has 0 saturated carbocycles. The largest absolute Gasteiger partial charge is 0.509 e. The number of hydrogen-bond donors (Lipinski definition) is 0. The van der Waals surface area contributed by atoms with Gasteiger partial charge in [0, 0.05) is 50.8 Å². The van der Waals surface area contributed by atoms with E-state index in [2.05, 4.69) is 23.4 Å². The van der Waals surface area contributed by atoms with Crippen molar-refractivity contribution in [3.63, 3.8) is 0 Å². The molecule has 0 radical (unpaired) electrons. The maximum atomic E-state index is 6.02. The van der Waals surface area contributed by atoms with Crippen LogP contribution in [-0.2, 0) is 27.5 Å². The van der Waals surface area contributed by atoms with Crippen molar-refractivity contribution < 1.29 is 34.5 Å². The van der Waals surface area contributed by atoms with E-state index in [0.29, 0.717) is 23.1 Å². The van der Waals surface area contributed by atoms with E-state index in [1.54, 1.807) is 4.57 Å². The smallest absolute Gasteiger partial charge is 0.283 e. The van der Waals surface area contributed by atoms with E-state index < -0.39 is 0 Å². The topological polar surface area (TPSA) is 40.2 Å². The van der Waals surface area contributed by atoms with Crippen LogP contribution in [0, 0.1) is 32.3 Å².